The van der Waals surface area contributed by atoms with Crippen molar-refractivity contribution in [2.75, 3.05) is 14.2 Å². The van der Waals surface area contributed by atoms with Crippen LogP contribution in [0.15, 0.2) is 48.5 Å². The average molecular weight is 316 g/mol. The maximum Gasteiger partial charge on any atom is 0.265 e. The van der Waals surface area contributed by atoms with Crippen LogP contribution < -0.4 is 9.47 Å². The number of halogens is 1. The molecule has 3 rings (SSSR count). The van der Waals surface area contributed by atoms with Crippen LogP contribution in [-0.4, -0.2) is 24.7 Å². The molecule has 0 spiro atoms. The Labute approximate surface area is 132 Å². The van der Waals surface area contributed by atoms with Crippen molar-refractivity contribution >= 4 is 28.4 Å². The summed E-state index contributed by atoms with van der Waals surface area (Å²) in [6.07, 6.45) is 0. The van der Waals surface area contributed by atoms with Crippen molar-refractivity contribution in [1.29, 1.82) is 0 Å². The minimum Gasteiger partial charge on any atom is -0.497 e. The predicted octanol–water partition coefficient (Wildman–Crippen LogP) is 4.00. The summed E-state index contributed by atoms with van der Waals surface area (Å²) < 4.78 is 12.1. The summed E-state index contributed by atoms with van der Waals surface area (Å²) in [6.45, 7) is 0. The van der Waals surface area contributed by atoms with E-state index in [1.165, 1.54) is 11.7 Å². The Morgan fingerprint density at radius 3 is 2.36 bits per heavy atom. The van der Waals surface area contributed by atoms with Crippen LogP contribution in [0.5, 0.6) is 11.6 Å². The molecule has 0 N–H and O–H groups in total. The van der Waals surface area contributed by atoms with Gasteiger partial charge in [-0.15, -0.1) is 0 Å². The van der Waals surface area contributed by atoms with Gasteiger partial charge in [-0.2, -0.15) is 0 Å². The molecule has 4 nitrogen and oxygen atoms in total. The lowest BCUT2D eigenvalue weighted by Gasteiger charge is -2.08. The quantitative estimate of drug-likeness (QED) is 0.733. The van der Waals surface area contributed by atoms with Gasteiger partial charge in [0, 0.05) is 22.0 Å². The third kappa shape index (κ3) is 2.42. The molecule has 0 fully saturated rings. The second-order valence-corrected chi connectivity index (χ2v) is 5.20. The molecule has 0 radical (unpaired) electrons. The van der Waals surface area contributed by atoms with Crippen LogP contribution in [0.3, 0.4) is 0 Å². The van der Waals surface area contributed by atoms with E-state index in [0.29, 0.717) is 16.5 Å². The van der Waals surface area contributed by atoms with E-state index in [1.807, 2.05) is 24.3 Å². The van der Waals surface area contributed by atoms with Gasteiger partial charge in [-0.1, -0.05) is 11.6 Å². The topological polar surface area (TPSA) is 40.5 Å². The molecule has 3 aromatic rings. The lowest BCUT2D eigenvalue weighted by atomic mass is 10.2. The summed E-state index contributed by atoms with van der Waals surface area (Å²) in [5, 5.41) is 1.46. The van der Waals surface area contributed by atoms with Crippen LogP contribution in [0.25, 0.3) is 10.9 Å². The molecule has 0 saturated carbocycles. The Hall–Kier alpha value is -2.46. The van der Waals surface area contributed by atoms with Crippen LogP contribution in [-0.2, 0) is 0 Å². The van der Waals surface area contributed by atoms with Gasteiger partial charge < -0.3 is 9.47 Å². The third-order valence-electron chi connectivity index (χ3n) is 3.48. The molecule has 0 aliphatic heterocycles. The molecular weight excluding hydrogens is 302 g/mol. The first kappa shape index (κ1) is 14.5. The van der Waals surface area contributed by atoms with Gasteiger partial charge in [0.2, 0.25) is 5.88 Å². The summed E-state index contributed by atoms with van der Waals surface area (Å²) >= 11 is 5.87. The van der Waals surface area contributed by atoms with Gasteiger partial charge in [-0.3, -0.25) is 4.79 Å². The number of ether oxygens (including phenoxy) is 2. The molecule has 1 aromatic heterocycles. The first-order valence-corrected chi connectivity index (χ1v) is 7.05. The third-order valence-corrected chi connectivity index (χ3v) is 3.73. The van der Waals surface area contributed by atoms with Gasteiger partial charge in [0.15, 0.2) is 0 Å². The van der Waals surface area contributed by atoms with Crippen molar-refractivity contribution in [2.45, 2.75) is 0 Å². The highest BCUT2D eigenvalue weighted by atomic mass is 35.5. The van der Waals surface area contributed by atoms with E-state index >= 15 is 0 Å². The zero-order chi connectivity index (χ0) is 15.7. The highest BCUT2D eigenvalue weighted by Gasteiger charge is 2.17. The van der Waals surface area contributed by atoms with Gasteiger partial charge in [0.25, 0.3) is 5.91 Å². The standard InChI is InChI=1S/C17H14ClNO3/c1-21-14-7-8-15-12(9-14)10-16(22-2)19(15)17(20)11-3-5-13(18)6-4-11/h3-10H,1-2H3. The van der Waals surface area contributed by atoms with Gasteiger partial charge in [-0.05, 0) is 42.5 Å². The highest BCUT2D eigenvalue weighted by molar-refractivity contribution is 6.30. The maximum atomic E-state index is 12.8. The molecular formula is C17H14ClNO3. The van der Waals surface area contributed by atoms with E-state index in [2.05, 4.69) is 0 Å². The van der Waals surface area contributed by atoms with E-state index in [9.17, 15) is 4.79 Å². The monoisotopic (exact) mass is 315 g/mol. The molecule has 0 amide bonds. The van der Waals surface area contributed by atoms with Crippen LogP contribution >= 0.6 is 11.6 Å². The summed E-state index contributed by atoms with van der Waals surface area (Å²) in [7, 11) is 3.14. The van der Waals surface area contributed by atoms with Crippen LogP contribution in [0.2, 0.25) is 5.02 Å². The largest absolute Gasteiger partial charge is 0.497 e. The molecule has 2 aromatic carbocycles. The first-order valence-electron chi connectivity index (χ1n) is 6.68. The molecule has 112 valence electrons. The number of benzene rings is 2. The Balaban J connectivity index is 2.16. The molecule has 5 heteroatoms. The Bertz CT molecular complexity index is 837. The SMILES string of the molecule is COc1ccc2c(c1)cc(OC)n2C(=O)c1ccc(Cl)cc1. The molecule has 0 aliphatic carbocycles. The second-order valence-electron chi connectivity index (χ2n) is 4.76. The molecule has 1 heterocycles. The van der Waals surface area contributed by atoms with Crippen LogP contribution in [0, 0.1) is 0 Å². The Morgan fingerprint density at radius 1 is 1.00 bits per heavy atom. The van der Waals surface area contributed by atoms with Crippen LogP contribution in [0.4, 0.5) is 0 Å². The molecule has 0 unspecified atom stereocenters. The number of nitrogens with zero attached hydrogens (tertiary/aromatic N) is 1. The minimum atomic E-state index is -0.173. The lowest BCUT2D eigenvalue weighted by Crippen LogP contribution is -2.12. The molecule has 22 heavy (non-hydrogen) atoms. The number of aromatic nitrogens is 1. The minimum absolute atomic E-state index is 0.173. The molecule has 0 saturated heterocycles. The van der Waals surface area contributed by atoms with E-state index in [-0.39, 0.29) is 5.91 Å². The number of methoxy groups -OCH3 is 2. The summed E-state index contributed by atoms with van der Waals surface area (Å²) in [6, 6.07) is 14.1. The zero-order valence-corrected chi connectivity index (χ0v) is 12.9. The summed E-state index contributed by atoms with van der Waals surface area (Å²) in [5.74, 6) is 1.03. The summed E-state index contributed by atoms with van der Waals surface area (Å²) in [5.41, 5.74) is 1.30. The van der Waals surface area contributed by atoms with Crippen molar-refractivity contribution in [3.05, 3.63) is 59.1 Å². The summed E-state index contributed by atoms with van der Waals surface area (Å²) in [4.78, 5) is 12.8. The second kappa shape index (κ2) is 5.73. The van der Waals surface area contributed by atoms with E-state index < -0.39 is 0 Å². The fourth-order valence-corrected chi connectivity index (χ4v) is 2.50. The Kier molecular flexibility index (Phi) is 3.77. The zero-order valence-electron chi connectivity index (χ0n) is 12.2. The molecule has 0 aliphatic rings. The molecule has 0 atom stereocenters. The predicted molar refractivity (Wildman–Crippen MR) is 86.2 cm³/mol. The number of carbonyl (C=O) groups excluding carboxylic acids is 1. The average Bonchev–Trinajstić information content (AvgIpc) is 2.92. The van der Waals surface area contributed by atoms with E-state index in [0.717, 1.165) is 16.7 Å². The van der Waals surface area contributed by atoms with Crippen molar-refractivity contribution in [1.82, 2.24) is 4.57 Å². The first-order chi connectivity index (χ1) is 10.6. The van der Waals surface area contributed by atoms with E-state index in [1.54, 1.807) is 31.4 Å². The lowest BCUT2D eigenvalue weighted by molar-refractivity contribution is 0.0956. The van der Waals surface area contributed by atoms with Crippen molar-refractivity contribution in [2.24, 2.45) is 0 Å². The van der Waals surface area contributed by atoms with E-state index in [4.69, 9.17) is 21.1 Å². The van der Waals surface area contributed by atoms with Crippen molar-refractivity contribution in [3.63, 3.8) is 0 Å². The number of hydrogen-bond donors (Lipinski definition) is 0. The number of rotatable bonds is 3. The smallest absolute Gasteiger partial charge is 0.265 e. The van der Waals surface area contributed by atoms with Gasteiger partial charge in [0.1, 0.15) is 5.75 Å². The maximum absolute atomic E-state index is 12.8. The normalized spacial score (nSPS) is 10.7. The highest BCUT2D eigenvalue weighted by Crippen LogP contribution is 2.29. The van der Waals surface area contributed by atoms with Crippen molar-refractivity contribution < 1.29 is 14.3 Å². The van der Waals surface area contributed by atoms with Crippen LogP contribution in [0.1, 0.15) is 10.4 Å². The van der Waals surface area contributed by atoms with Gasteiger partial charge in [0.05, 0.1) is 19.7 Å². The molecule has 0 bridgehead atoms. The van der Waals surface area contributed by atoms with Crippen molar-refractivity contribution in [3.8, 4) is 11.6 Å². The number of carbonyl (C=O) groups is 1. The Morgan fingerprint density at radius 2 is 1.73 bits per heavy atom. The van der Waals surface area contributed by atoms with Gasteiger partial charge in [-0.25, -0.2) is 4.57 Å². The van der Waals surface area contributed by atoms with Gasteiger partial charge >= 0.3 is 0 Å². The number of hydrogen-bond acceptors (Lipinski definition) is 3. The fourth-order valence-electron chi connectivity index (χ4n) is 2.38. The fraction of sp³-hybridized carbons (Fsp3) is 0.118. The number of fused-ring (bicyclic) bond motifs is 1.